The summed E-state index contributed by atoms with van der Waals surface area (Å²) < 4.78 is 45.4. The molecule has 0 aliphatic carbocycles. The molecule has 2 saturated heterocycles. The largest absolute Gasteiger partial charge is 0.372 e. The van der Waals surface area contributed by atoms with Crippen LogP contribution in [0.2, 0.25) is 0 Å². The van der Waals surface area contributed by atoms with Crippen LogP contribution in [0.5, 0.6) is 0 Å². The summed E-state index contributed by atoms with van der Waals surface area (Å²) >= 11 is 0. The highest BCUT2D eigenvalue weighted by molar-refractivity contribution is 7.89. The molecule has 2 aliphatic rings. The molecule has 0 N–H and O–H groups in total. The molecule has 0 aromatic heterocycles. The van der Waals surface area contributed by atoms with E-state index in [0.29, 0.717) is 39.0 Å². The molecule has 26 heavy (non-hydrogen) atoms. The number of carbonyl (C=O) groups is 1. The van der Waals surface area contributed by atoms with Crippen molar-refractivity contribution in [2.24, 2.45) is 5.92 Å². The van der Waals surface area contributed by atoms with Crippen LogP contribution >= 0.6 is 0 Å². The van der Waals surface area contributed by atoms with E-state index in [1.54, 1.807) is 0 Å². The maximum atomic E-state index is 13.0. The van der Waals surface area contributed by atoms with Gasteiger partial charge in [-0.25, -0.2) is 12.8 Å². The van der Waals surface area contributed by atoms with Crippen molar-refractivity contribution in [3.63, 3.8) is 0 Å². The standard InChI is InChI=1S/C18H25FN2O4S/c1-13-11-20(12-14(2)25-13)18(22)15-7-9-21(10-8-15)26(23,24)17-5-3-16(19)4-6-17/h3-6,13-15H,7-12H2,1-2H3. The summed E-state index contributed by atoms with van der Waals surface area (Å²) in [6.07, 6.45) is 1.03. The number of hydrogen-bond acceptors (Lipinski definition) is 4. The molecule has 6 nitrogen and oxygen atoms in total. The van der Waals surface area contributed by atoms with E-state index in [4.69, 9.17) is 4.74 Å². The van der Waals surface area contributed by atoms with E-state index in [9.17, 15) is 17.6 Å². The number of morpholine rings is 1. The fourth-order valence-corrected chi connectivity index (χ4v) is 5.18. The molecular formula is C18H25FN2O4S. The first kappa shape index (κ1) is 19.3. The molecule has 2 atom stereocenters. The topological polar surface area (TPSA) is 66.9 Å². The fraction of sp³-hybridized carbons (Fsp3) is 0.611. The summed E-state index contributed by atoms with van der Waals surface area (Å²) in [5.74, 6) is -0.541. The van der Waals surface area contributed by atoms with Gasteiger partial charge in [0.05, 0.1) is 17.1 Å². The Morgan fingerprint density at radius 1 is 1.08 bits per heavy atom. The Kier molecular flexibility index (Phi) is 5.64. The molecule has 1 aromatic carbocycles. The zero-order valence-electron chi connectivity index (χ0n) is 15.1. The number of carbonyl (C=O) groups excluding carboxylic acids is 1. The Labute approximate surface area is 154 Å². The van der Waals surface area contributed by atoms with Gasteiger partial charge in [0, 0.05) is 32.1 Å². The van der Waals surface area contributed by atoms with Gasteiger partial charge in [0.1, 0.15) is 5.82 Å². The molecule has 2 fully saturated rings. The lowest BCUT2D eigenvalue weighted by Crippen LogP contribution is -2.51. The number of piperidine rings is 1. The van der Waals surface area contributed by atoms with Crippen LogP contribution in [0.25, 0.3) is 0 Å². The molecule has 0 saturated carbocycles. The Bertz CT molecular complexity index is 735. The number of sulfonamides is 1. The summed E-state index contributed by atoms with van der Waals surface area (Å²) in [5, 5.41) is 0. The first-order valence-corrected chi connectivity index (χ1v) is 10.4. The predicted octanol–water partition coefficient (Wildman–Crippen LogP) is 1.86. The third-order valence-corrected chi connectivity index (χ3v) is 6.90. The van der Waals surface area contributed by atoms with Crippen molar-refractivity contribution < 1.29 is 22.3 Å². The summed E-state index contributed by atoms with van der Waals surface area (Å²) in [6.45, 7) is 5.66. The van der Waals surface area contributed by atoms with Crippen LogP contribution in [0, 0.1) is 11.7 Å². The molecule has 2 aliphatic heterocycles. The Hall–Kier alpha value is -1.51. The number of benzene rings is 1. The number of amides is 1. The van der Waals surface area contributed by atoms with Gasteiger partial charge in [-0.3, -0.25) is 4.79 Å². The minimum atomic E-state index is -3.65. The second-order valence-electron chi connectivity index (χ2n) is 7.13. The van der Waals surface area contributed by atoms with E-state index < -0.39 is 15.8 Å². The lowest BCUT2D eigenvalue weighted by Gasteiger charge is -2.39. The lowest BCUT2D eigenvalue weighted by atomic mass is 9.96. The average molecular weight is 384 g/mol. The Balaban J connectivity index is 1.62. The molecule has 144 valence electrons. The number of halogens is 1. The van der Waals surface area contributed by atoms with Crippen molar-refractivity contribution in [1.29, 1.82) is 0 Å². The first-order chi connectivity index (χ1) is 12.3. The van der Waals surface area contributed by atoms with Gasteiger partial charge in [0.25, 0.3) is 0 Å². The molecule has 2 unspecified atom stereocenters. The van der Waals surface area contributed by atoms with E-state index >= 15 is 0 Å². The molecule has 1 amide bonds. The minimum absolute atomic E-state index is 0.0154. The normalized spacial score (nSPS) is 26.0. The quantitative estimate of drug-likeness (QED) is 0.798. The average Bonchev–Trinajstić information content (AvgIpc) is 2.61. The monoisotopic (exact) mass is 384 g/mol. The summed E-state index contributed by atoms with van der Waals surface area (Å²) in [6, 6.07) is 4.84. The summed E-state index contributed by atoms with van der Waals surface area (Å²) in [4.78, 5) is 14.7. The van der Waals surface area contributed by atoms with Crippen LogP contribution in [0.1, 0.15) is 26.7 Å². The smallest absolute Gasteiger partial charge is 0.243 e. The SMILES string of the molecule is CC1CN(C(=O)C2CCN(S(=O)(=O)c3ccc(F)cc3)CC2)CC(C)O1. The van der Waals surface area contributed by atoms with Gasteiger partial charge in [-0.15, -0.1) is 0 Å². The van der Waals surface area contributed by atoms with Crippen molar-refractivity contribution in [2.75, 3.05) is 26.2 Å². The summed E-state index contributed by atoms with van der Waals surface area (Å²) in [5.41, 5.74) is 0. The zero-order chi connectivity index (χ0) is 18.9. The maximum absolute atomic E-state index is 13.0. The highest BCUT2D eigenvalue weighted by atomic mass is 32.2. The Morgan fingerprint density at radius 3 is 2.15 bits per heavy atom. The van der Waals surface area contributed by atoms with Crippen molar-refractivity contribution in [3.05, 3.63) is 30.1 Å². The molecule has 0 radical (unpaired) electrons. The number of rotatable bonds is 3. The number of nitrogens with zero attached hydrogens (tertiary/aromatic N) is 2. The van der Waals surface area contributed by atoms with Crippen LogP contribution in [-0.2, 0) is 19.6 Å². The molecule has 2 heterocycles. The van der Waals surface area contributed by atoms with Gasteiger partial charge < -0.3 is 9.64 Å². The van der Waals surface area contributed by atoms with Crippen LogP contribution in [0.3, 0.4) is 0 Å². The molecular weight excluding hydrogens is 359 g/mol. The predicted molar refractivity (Wildman–Crippen MR) is 94.5 cm³/mol. The van der Waals surface area contributed by atoms with Gasteiger partial charge in [-0.05, 0) is 51.0 Å². The van der Waals surface area contributed by atoms with Crippen molar-refractivity contribution in [2.45, 2.75) is 43.8 Å². The van der Waals surface area contributed by atoms with Gasteiger partial charge >= 0.3 is 0 Å². The molecule has 8 heteroatoms. The number of hydrogen-bond donors (Lipinski definition) is 0. The lowest BCUT2D eigenvalue weighted by molar-refractivity contribution is -0.148. The molecule has 0 spiro atoms. The van der Waals surface area contributed by atoms with Crippen molar-refractivity contribution in [3.8, 4) is 0 Å². The first-order valence-electron chi connectivity index (χ1n) is 8.97. The van der Waals surface area contributed by atoms with Crippen molar-refractivity contribution in [1.82, 2.24) is 9.21 Å². The van der Waals surface area contributed by atoms with E-state index in [-0.39, 0.29) is 28.9 Å². The van der Waals surface area contributed by atoms with Crippen LogP contribution < -0.4 is 0 Å². The van der Waals surface area contributed by atoms with Crippen molar-refractivity contribution >= 4 is 15.9 Å². The van der Waals surface area contributed by atoms with Crippen LogP contribution in [-0.4, -0.2) is 61.9 Å². The molecule has 3 rings (SSSR count). The second kappa shape index (κ2) is 7.62. The van der Waals surface area contributed by atoms with E-state index in [2.05, 4.69) is 0 Å². The fourth-order valence-electron chi connectivity index (χ4n) is 3.71. The van der Waals surface area contributed by atoms with Gasteiger partial charge in [-0.1, -0.05) is 0 Å². The van der Waals surface area contributed by atoms with Gasteiger partial charge in [0.15, 0.2) is 0 Å². The van der Waals surface area contributed by atoms with Gasteiger partial charge in [-0.2, -0.15) is 4.31 Å². The highest BCUT2D eigenvalue weighted by Crippen LogP contribution is 2.26. The summed E-state index contributed by atoms with van der Waals surface area (Å²) in [7, 11) is -3.65. The van der Waals surface area contributed by atoms with E-state index in [0.717, 1.165) is 12.1 Å². The van der Waals surface area contributed by atoms with Crippen LogP contribution in [0.15, 0.2) is 29.2 Å². The third kappa shape index (κ3) is 4.07. The van der Waals surface area contributed by atoms with Crippen LogP contribution in [0.4, 0.5) is 4.39 Å². The molecule has 1 aromatic rings. The second-order valence-corrected chi connectivity index (χ2v) is 9.07. The zero-order valence-corrected chi connectivity index (χ0v) is 15.9. The molecule has 0 bridgehead atoms. The highest BCUT2D eigenvalue weighted by Gasteiger charge is 2.35. The van der Waals surface area contributed by atoms with E-state index in [1.807, 2.05) is 18.7 Å². The third-order valence-electron chi connectivity index (χ3n) is 4.99. The minimum Gasteiger partial charge on any atom is -0.372 e. The number of ether oxygens (including phenoxy) is 1. The maximum Gasteiger partial charge on any atom is 0.243 e. The Morgan fingerprint density at radius 2 is 1.62 bits per heavy atom. The van der Waals surface area contributed by atoms with E-state index in [1.165, 1.54) is 16.4 Å². The van der Waals surface area contributed by atoms with Gasteiger partial charge in [0.2, 0.25) is 15.9 Å².